The number of methoxy groups -OCH3 is 1. The predicted octanol–water partition coefficient (Wildman–Crippen LogP) is 8.19. The highest BCUT2D eigenvalue weighted by Crippen LogP contribution is 2.32. The summed E-state index contributed by atoms with van der Waals surface area (Å²) in [7, 11) is 2.94. The van der Waals surface area contributed by atoms with E-state index in [1.807, 2.05) is 48.5 Å². The highest BCUT2D eigenvalue weighted by molar-refractivity contribution is 6.32. The minimum Gasteiger partial charge on any atom is -0.497 e. The van der Waals surface area contributed by atoms with Crippen LogP contribution in [-0.2, 0) is 13.6 Å². The summed E-state index contributed by atoms with van der Waals surface area (Å²) in [4.78, 5) is 41.1. The molecule has 0 fully saturated rings. The van der Waals surface area contributed by atoms with Gasteiger partial charge in [0.05, 0.1) is 24.4 Å². The van der Waals surface area contributed by atoms with Crippen LogP contribution in [0.25, 0.3) is 16.7 Å². The summed E-state index contributed by atoms with van der Waals surface area (Å²) in [5, 5.41) is 0.178. The molecule has 8 nitrogen and oxygen atoms in total. The Morgan fingerprint density at radius 3 is 1.93 bits per heavy atom. The van der Waals surface area contributed by atoms with Crippen LogP contribution >= 0.6 is 11.6 Å². The number of hydrogen-bond acceptors (Lipinski definition) is 5. The number of benzene rings is 3. The Morgan fingerprint density at radius 1 is 0.783 bits per heavy atom. The maximum atomic E-state index is 15.4. The van der Waals surface area contributed by atoms with Crippen molar-refractivity contribution in [3.8, 4) is 22.9 Å². The summed E-state index contributed by atoms with van der Waals surface area (Å²) in [6.07, 6.45) is 0. The molecule has 246 valence electrons. The number of aryl methyl sites for hydroxylation is 3. The molecule has 0 unspecified atom stereocenters. The first-order chi connectivity index (χ1) is 22.1. The summed E-state index contributed by atoms with van der Waals surface area (Å²) in [5.41, 5.74) is -0.194. The maximum Gasteiger partial charge on any atom is 0.337 e. The Balaban J connectivity index is 0.00000116. The molecule has 0 spiro atoms. The fourth-order valence-corrected chi connectivity index (χ4v) is 4.78. The van der Waals surface area contributed by atoms with Gasteiger partial charge in [0.25, 0.3) is 11.1 Å². The molecule has 3 aromatic carbocycles. The van der Waals surface area contributed by atoms with Gasteiger partial charge >= 0.3 is 5.69 Å². The lowest BCUT2D eigenvalue weighted by Crippen LogP contribution is -2.42. The first kappa shape index (κ1) is 37.6. The lowest BCUT2D eigenvalue weighted by Gasteiger charge is -2.19. The number of fused-ring (bicyclic) bond motifs is 1. The van der Waals surface area contributed by atoms with E-state index in [0.717, 1.165) is 25.3 Å². The first-order valence-corrected chi connectivity index (χ1v) is 15.7. The Hall–Kier alpha value is -4.63. The third-order valence-electron chi connectivity index (χ3n) is 6.62. The van der Waals surface area contributed by atoms with Crippen LogP contribution in [0.1, 0.15) is 58.2 Å². The van der Waals surface area contributed by atoms with Crippen LogP contribution in [-0.4, -0.2) is 20.8 Å². The summed E-state index contributed by atoms with van der Waals surface area (Å²) < 4.78 is 29.7. The summed E-state index contributed by atoms with van der Waals surface area (Å²) in [6.45, 7) is 15.4. The van der Waals surface area contributed by atoms with E-state index in [1.165, 1.54) is 26.3 Å². The lowest BCUT2D eigenvalue weighted by atomic mass is 10.2. The number of nitrogens with zero attached hydrogens (tertiary/aromatic N) is 3. The summed E-state index contributed by atoms with van der Waals surface area (Å²) >= 11 is 6.39. The van der Waals surface area contributed by atoms with Gasteiger partial charge in [-0.25, -0.2) is 13.8 Å². The van der Waals surface area contributed by atoms with Gasteiger partial charge in [0.2, 0.25) is 0 Å². The van der Waals surface area contributed by atoms with E-state index in [1.54, 1.807) is 55.5 Å². The zero-order valence-electron chi connectivity index (χ0n) is 28.2. The number of hydrogen-bond donors (Lipinski definition) is 0. The SMILES string of the molecule is CC.CC.CC.COc1ccc(Cn2c(=O)c3c(Oc4ccc(C)cc4Cl)cc(=O)n(C)c3n(-c3ccc(C)cc3F)c2=O)cc1. The molecule has 2 aromatic heterocycles. The van der Waals surface area contributed by atoms with Crippen molar-refractivity contribution in [2.45, 2.75) is 61.9 Å². The molecule has 0 amide bonds. The van der Waals surface area contributed by atoms with Gasteiger partial charge in [-0.2, -0.15) is 0 Å². The van der Waals surface area contributed by atoms with E-state index < -0.39 is 22.6 Å². The molecule has 5 rings (SSSR count). The fourth-order valence-electron chi connectivity index (χ4n) is 4.51. The molecular formula is C36H43ClFN3O5. The van der Waals surface area contributed by atoms with E-state index in [-0.39, 0.29) is 39.8 Å². The second kappa shape index (κ2) is 17.2. The van der Waals surface area contributed by atoms with E-state index in [4.69, 9.17) is 21.1 Å². The van der Waals surface area contributed by atoms with Crippen molar-refractivity contribution in [2.24, 2.45) is 7.05 Å². The smallest absolute Gasteiger partial charge is 0.337 e. The minimum absolute atomic E-state index is 0.0909. The number of aromatic nitrogens is 3. The first-order valence-electron chi connectivity index (χ1n) is 15.3. The molecule has 0 radical (unpaired) electrons. The molecule has 0 aliphatic heterocycles. The molecule has 0 aliphatic rings. The van der Waals surface area contributed by atoms with Crippen LogP contribution in [0.15, 0.2) is 81.1 Å². The number of ether oxygens (including phenoxy) is 2. The van der Waals surface area contributed by atoms with Crippen LogP contribution in [0, 0.1) is 19.7 Å². The molecule has 2 heterocycles. The van der Waals surface area contributed by atoms with E-state index in [2.05, 4.69) is 0 Å². The molecular weight excluding hydrogens is 609 g/mol. The number of pyridine rings is 1. The zero-order chi connectivity index (χ0) is 34.7. The van der Waals surface area contributed by atoms with Gasteiger partial charge in [-0.1, -0.05) is 77.4 Å². The topological polar surface area (TPSA) is 84.5 Å². The van der Waals surface area contributed by atoms with Crippen molar-refractivity contribution in [1.82, 2.24) is 13.7 Å². The third-order valence-corrected chi connectivity index (χ3v) is 6.91. The Labute approximate surface area is 274 Å². The standard InChI is InChI=1S/C30H25ClFN3O5.3C2H6/c1-17-6-12-24(21(31)13-17)40-25-15-26(36)33(3)28-27(25)29(37)34(16-19-7-9-20(39-4)10-8-19)30(38)35(28)23-11-5-18(2)14-22(23)32;3*1-2/h5-15H,16H2,1-4H3;3*1-2H3. The molecule has 0 saturated carbocycles. The van der Waals surface area contributed by atoms with Crippen molar-refractivity contribution in [1.29, 1.82) is 0 Å². The van der Waals surface area contributed by atoms with E-state index >= 15 is 4.39 Å². The second-order valence-corrected chi connectivity index (χ2v) is 9.86. The Morgan fingerprint density at radius 2 is 1.37 bits per heavy atom. The lowest BCUT2D eigenvalue weighted by molar-refractivity contribution is 0.414. The largest absolute Gasteiger partial charge is 0.497 e. The van der Waals surface area contributed by atoms with Gasteiger partial charge in [-0.05, 0) is 66.9 Å². The summed E-state index contributed by atoms with van der Waals surface area (Å²) in [5.74, 6) is 0.00796. The third kappa shape index (κ3) is 7.95. The maximum absolute atomic E-state index is 15.4. The van der Waals surface area contributed by atoms with Gasteiger partial charge < -0.3 is 9.47 Å². The minimum atomic E-state index is -0.823. The molecule has 0 N–H and O–H groups in total. The Bertz CT molecular complexity index is 1960. The van der Waals surface area contributed by atoms with Crippen LogP contribution in [0.5, 0.6) is 17.2 Å². The molecule has 0 atom stereocenters. The van der Waals surface area contributed by atoms with Gasteiger partial charge in [-0.3, -0.25) is 18.7 Å². The van der Waals surface area contributed by atoms with Crippen molar-refractivity contribution < 1.29 is 13.9 Å². The monoisotopic (exact) mass is 651 g/mol. The molecule has 0 aliphatic carbocycles. The van der Waals surface area contributed by atoms with Crippen molar-refractivity contribution >= 4 is 22.6 Å². The highest BCUT2D eigenvalue weighted by Gasteiger charge is 2.24. The van der Waals surface area contributed by atoms with Crippen LogP contribution in [0.3, 0.4) is 0 Å². The van der Waals surface area contributed by atoms with Gasteiger partial charge in [0.15, 0.2) is 0 Å². The van der Waals surface area contributed by atoms with Crippen LogP contribution < -0.4 is 26.3 Å². The quantitative estimate of drug-likeness (QED) is 0.185. The predicted molar refractivity (Wildman–Crippen MR) is 186 cm³/mol. The van der Waals surface area contributed by atoms with Gasteiger partial charge in [0.1, 0.15) is 34.1 Å². The van der Waals surface area contributed by atoms with Gasteiger partial charge in [0, 0.05) is 13.1 Å². The van der Waals surface area contributed by atoms with Gasteiger partial charge in [-0.15, -0.1) is 0 Å². The van der Waals surface area contributed by atoms with E-state index in [0.29, 0.717) is 16.9 Å². The van der Waals surface area contributed by atoms with Crippen molar-refractivity contribution in [2.75, 3.05) is 7.11 Å². The number of rotatable bonds is 6. The molecule has 46 heavy (non-hydrogen) atoms. The second-order valence-electron chi connectivity index (χ2n) is 9.45. The molecule has 0 bridgehead atoms. The number of halogens is 2. The molecule has 5 aromatic rings. The molecule has 10 heteroatoms. The fraction of sp³-hybridized carbons (Fsp3) is 0.306. The average molecular weight is 652 g/mol. The Kier molecular flexibility index (Phi) is 14.0. The molecule has 0 saturated heterocycles. The van der Waals surface area contributed by atoms with Crippen LogP contribution in [0.2, 0.25) is 5.02 Å². The summed E-state index contributed by atoms with van der Waals surface area (Å²) in [6, 6.07) is 17.4. The van der Waals surface area contributed by atoms with E-state index in [9.17, 15) is 14.4 Å². The van der Waals surface area contributed by atoms with Crippen molar-refractivity contribution in [3.05, 3.63) is 125 Å². The highest BCUT2D eigenvalue weighted by atomic mass is 35.5. The zero-order valence-corrected chi connectivity index (χ0v) is 29.0. The average Bonchev–Trinajstić information content (AvgIpc) is 3.06. The normalized spacial score (nSPS) is 10.1. The van der Waals surface area contributed by atoms with Crippen molar-refractivity contribution in [3.63, 3.8) is 0 Å². The van der Waals surface area contributed by atoms with Crippen LogP contribution in [0.4, 0.5) is 4.39 Å².